The Kier molecular flexibility index (Phi) is 6.60. The topological polar surface area (TPSA) is 49.9 Å². The summed E-state index contributed by atoms with van der Waals surface area (Å²) in [6.45, 7) is 4.09. The normalized spacial score (nSPS) is 14.8. The van der Waals surface area contributed by atoms with Crippen molar-refractivity contribution in [2.24, 2.45) is 0 Å². The molecule has 142 valence electrons. The van der Waals surface area contributed by atoms with Crippen LogP contribution in [0.3, 0.4) is 0 Å². The van der Waals surface area contributed by atoms with E-state index in [2.05, 4.69) is 29.2 Å². The first kappa shape index (κ1) is 19.1. The van der Waals surface area contributed by atoms with Gasteiger partial charge in [0.2, 0.25) is 5.91 Å². The van der Waals surface area contributed by atoms with Crippen molar-refractivity contribution in [1.29, 1.82) is 0 Å². The van der Waals surface area contributed by atoms with Gasteiger partial charge in [-0.25, -0.2) is 0 Å². The zero-order valence-corrected chi connectivity index (χ0v) is 15.8. The van der Waals surface area contributed by atoms with E-state index in [-0.39, 0.29) is 24.5 Å². The van der Waals surface area contributed by atoms with Crippen molar-refractivity contribution >= 4 is 11.7 Å². The smallest absolute Gasteiger partial charge is 0.223 e. The highest BCUT2D eigenvalue weighted by molar-refractivity contribution is 5.98. The van der Waals surface area contributed by atoms with Gasteiger partial charge in [-0.15, -0.1) is 0 Å². The lowest BCUT2D eigenvalue weighted by molar-refractivity contribution is -0.132. The van der Waals surface area contributed by atoms with E-state index in [1.54, 1.807) is 31.4 Å². The van der Waals surface area contributed by atoms with Crippen LogP contribution in [0.4, 0.5) is 0 Å². The second kappa shape index (κ2) is 9.33. The Labute approximate surface area is 160 Å². The van der Waals surface area contributed by atoms with Gasteiger partial charge in [0.15, 0.2) is 5.78 Å². The first-order valence-electron chi connectivity index (χ1n) is 9.37. The summed E-state index contributed by atoms with van der Waals surface area (Å²) in [4.78, 5) is 29.0. The van der Waals surface area contributed by atoms with Crippen molar-refractivity contribution in [3.8, 4) is 5.75 Å². The van der Waals surface area contributed by atoms with Crippen LogP contribution in [0, 0.1) is 0 Å². The molecule has 0 aromatic heterocycles. The predicted molar refractivity (Wildman–Crippen MR) is 105 cm³/mol. The van der Waals surface area contributed by atoms with Gasteiger partial charge in [-0.3, -0.25) is 14.5 Å². The van der Waals surface area contributed by atoms with Crippen molar-refractivity contribution in [1.82, 2.24) is 9.80 Å². The Morgan fingerprint density at radius 3 is 2.37 bits per heavy atom. The number of hydrogen-bond acceptors (Lipinski definition) is 4. The highest BCUT2D eigenvalue weighted by atomic mass is 16.5. The molecule has 0 spiro atoms. The van der Waals surface area contributed by atoms with Gasteiger partial charge in [-0.05, 0) is 17.7 Å². The zero-order chi connectivity index (χ0) is 19.1. The molecular formula is C22H26N2O3. The standard InChI is InChI=1S/C22H26N2O3/c1-27-20-9-5-8-19(16-20)21(25)10-11-22(26)24-14-12-23(13-15-24)17-18-6-3-2-4-7-18/h2-9,16H,10-15,17H2,1H3. The lowest BCUT2D eigenvalue weighted by Gasteiger charge is -2.34. The predicted octanol–water partition coefficient (Wildman–Crippen LogP) is 3.00. The van der Waals surface area contributed by atoms with Crippen molar-refractivity contribution < 1.29 is 14.3 Å². The van der Waals surface area contributed by atoms with E-state index >= 15 is 0 Å². The van der Waals surface area contributed by atoms with E-state index in [1.807, 2.05) is 11.0 Å². The van der Waals surface area contributed by atoms with Crippen LogP contribution in [0.25, 0.3) is 0 Å². The van der Waals surface area contributed by atoms with Crippen molar-refractivity contribution in [2.75, 3.05) is 33.3 Å². The maximum atomic E-state index is 12.5. The molecule has 0 unspecified atom stereocenters. The molecule has 5 nitrogen and oxygen atoms in total. The SMILES string of the molecule is COc1cccc(C(=O)CCC(=O)N2CCN(Cc3ccccc3)CC2)c1. The lowest BCUT2D eigenvalue weighted by atomic mass is 10.1. The Morgan fingerprint density at radius 2 is 1.67 bits per heavy atom. The molecule has 1 aliphatic heterocycles. The van der Waals surface area contributed by atoms with Gasteiger partial charge in [-0.1, -0.05) is 42.5 Å². The summed E-state index contributed by atoms with van der Waals surface area (Å²) in [6, 6.07) is 17.4. The molecule has 0 atom stereocenters. The van der Waals surface area contributed by atoms with E-state index in [0.717, 1.165) is 32.7 Å². The minimum Gasteiger partial charge on any atom is -0.497 e. The van der Waals surface area contributed by atoms with Gasteiger partial charge in [0, 0.05) is 51.1 Å². The van der Waals surface area contributed by atoms with Crippen LogP contribution in [0.5, 0.6) is 5.75 Å². The third-order valence-electron chi connectivity index (χ3n) is 4.93. The number of carbonyl (C=O) groups excluding carboxylic acids is 2. The van der Waals surface area contributed by atoms with Crippen LogP contribution in [-0.2, 0) is 11.3 Å². The minimum atomic E-state index is -0.0232. The summed E-state index contributed by atoms with van der Waals surface area (Å²) in [5.41, 5.74) is 1.89. The number of piperazine rings is 1. The number of hydrogen-bond donors (Lipinski definition) is 0. The molecule has 5 heteroatoms. The number of Topliss-reactive ketones (excluding diaryl/α,β-unsaturated/α-hetero) is 1. The van der Waals surface area contributed by atoms with E-state index in [9.17, 15) is 9.59 Å². The molecule has 2 aromatic rings. The number of amides is 1. The molecule has 1 heterocycles. The minimum absolute atomic E-state index is 0.0232. The number of ether oxygens (including phenoxy) is 1. The molecule has 0 aliphatic carbocycles. The number of methoxy groups -OCH3 is 1. The van der Waals surface area contributed by atoms with E-state index in [0.29, 0.717) is 11.3 Å². The lowest BCUT2D eigenvalue weighted by Crippen LogP contribution is -2.48. The summed E-state index contributed by atoms with van der Waals surface area (Å²) in [6.07, 6.45) is 0.491. The van der Waals surface area contributed by atoms with Crippen LogP contribution in [-0.4, -0.2) is 54.8 Å². The highest BCUT2D eigenvalue weighted by Crippen LogP contribution is 2.15. The Morgan fingerprint density at radius 1 is 0.926 bits per heavy atom. The summed E-state index contributed by atoms with van der Waals surface area (Å²) < 4.78 is 5.15. The summed E-state index contributed by atoms with van der Waals surface area (Å²) in [5.74, 6) is 0.692. The number of ketones is 1. The third-order valence-corrected chi connectivity index (χ3v) is 4.93. The molecule has 3 rings (SSSR count). The fourth-order valence-electron chi connectivity index (χ4n) is 3.32. The van der Waals surface area contributed by atoms with Crippen LogP contribution < -0.4 is 4.74 Å². The molecule has 0 radical (unpaired) electrons. The number of nitrogens with zero attached hydrogens (tertiary/aromatic N) is 2. The first-order chi connectivity index (χ1) is 13.2. The Bertz CT molecular complexity index is 768. The van der Waals surface area contributed by atoms with Gasteiger partial charge in [0.05, 0.1) is 7.11 Å². The Balaban J connectivity index is 1.43. The van der Waals surface area contributed by atoms with E-state index < -0.39 is 0 Å². The van der Waals surface area contributed by atoms with Gasteiger partial charge < -0.3 is 9.64 Å². The molecule has 0 bridgehead atoms. The quantitative estimate of drug-likeness (QED) is 0.707. The maximum Gasteiger partial charge on any atom is 0.223 e. The van der Waals surface area contributed by atoms with Crippen LogP contribution >= 0.6 is 0 Å². The fraction of sp³-hybridized carbons (Fsp3) is 0.364. The van der Waals surface area contributed by atoms with E-state index in [4.69, 9.17) is 4.74 Å². The Hall–Kier alpha value is -2.66. The number of rotatable bonds is 7. The maximum absolute atomic E-state index is 12.5. The monoisotopic (exact) mass is 366 g/mol. The van der Waals surface area contributed by atoms with Crippen molar-refractivity contribution in [2.45, 2.75) is 19.4 Å². The molecule has 1 saturated heterocycles. The van der Waals surface area contributed by atoms with Crippen LogP contribution in [0.15, 0.2) is 54.6 Å². The third kappa shape index (κ3) is 5.41. The molecule has 1 amide bonds. The average Bonchev–Trinajstić information content (AvgIpc) is 2.73. The molecule has 0 N–H and O–H groups in total. The van der Waals surface area contributed by atoms with Gasteiger partial charge >= 0.3 is 0 Å². The largest absolute Gasteiger partial charge is 0.497 e. The van der Waals surface area contributed by atoms with Crippen LogP contribution in [0.2, 0.25) is 0 Å². The molecule has 27 heavy (non-hydrogen) atoms. The fourth-order valence-corrected chi connectivity index (χ4v) is 3.32. The van der Waals surface area contributed by atoms with Crippen molar-refractivity contribution in [3.05, 3.63) is 65.7 Å². The number of carbonyl (C=O) groups is 2. The van der Waals surface area contributed by atoms with E-state index in [1.165, 1.54) is 5.56 Å². The second-order valence-corrected chi connectivity index (χ2v) is 6.80. The van der Waals surface area contributed by atoms with Crippen molar-refractivity contribution in [3.63, 3.8) is 0 Å². The summed E-state index contributed by atoms with van der Waals surface area (Å²) in [5, 5.41) is 0. The highest BCUT2D eigenvalue weighted by Gasteiger charge is 2.21. The molecular weight excluding hydrogens is 340 g/mol. The number of benzene rings is 2. The summed E-state index contributed by atoms with van der Waals surface area (Å²) in [7, 11) is 1.57. The molecule has 2 aromatic carbocycles. The molecule has 0 saturated carbocycles. The van der Waals surface area contributed by atoms with Crippen LogP contribution in [0.1, 0.15) is 28.8 Å². The van der Waals surface area contributed by atoms with Gasteiger partial charge in [-0.2, -0.15) is 0 Å². The average molecular weight is 366 g/mol. The molecule has 1 aliphatic rings. The first-order valence-corrected chi connectivity index (χ1v) is 9.37. The van der Waals surface area contributed by atoms with Gasteiger partial charge in [0.25, 0.3) is 0 Å². The van der Waals surface area contributed by atoms with Gasteiger partial charge in [0.1, 0.15) is 5.75 Å². The summed E-state index contributed by atoms with van der Waals surface area (Å²) >= 11 is 0. The molecule has 1 fully saturated rings. The zero-order valence-electron chi connectivity index (χ0n) is 15.8. The second-order valence-electron chi connectivity index (χ2n) is 6.80.